The molecule has 0 bridgehead atoms. The van der Waals surface area contributed by atoms with E-state index in [1.54, 1.807) is 12.3 Å². The fourth-order valence-corrected chi connectivity index (χ4v) is 2.67. The molecule has 0 atom stereocenters. The molecule has 0 aliphatic heterocycles. The van der Waals surface area contributed by atoms with Crippen LogP contribution in [0.4, 0.5) is 8.78 Å². The second-order valence-electron chi connectivity index (χ2n) is 4.52. The SMILES string of the molecule is Cc1ccnc2c1nc(CCl)n2-c1c(F)cc(F)cc1Cl. The van der Waals surface area contributed by atoms with Crippen molar-refractivity contribution in [2.24, 2.45) is 0 Å². The summed E-state index contributed by atoms with van der Waals surface area (Å²) in [5.41, 5.74) is 1.91. The predicted molar refractivity (Wildman–Crippen MR) is 78.1 cm³/mol. The Balaban J connectivity index is 2.42. The molecule has 3 rings (SSSR count). The van der Waals surface area contributed by atoms with Crippen LogP contribution < -0.4 is 0 Å². The number of hydrogen-bond donors (Lipinski definition) is 0. The Morgan fingerprint density at radius 2 is 2.05 bits per heavy atom. The monoisotopic (exact) mass is 327 g/mol. The highest BCUT2D eigenvalue weighted by molar-refractivity contribution is 6.32. The number of aryl methyl sites for hydroxylation is 1. The Kier molecular flexibility index (Phi) is 3.55. The fourth-order valence-electron chi connectivity index (χ4n) is 2.21. The molecule has 0 N–H and O–H groups in total. The minimum atomic E-state index is -0.797. The minimum absolute atomic E-state index is 0.00526. The zero-order valence-corrected chi connectivity index (χ0v) is 12.4. The van der Waals surface area contributed by atoms with Crippen molar-refractivity contribution in [1.82, 2.24) is 14.5 Å². The van der Waals surface area contributed by atoms with Gasteiger partial charge < -0.3 is 0 Å². The van der Waals surface area contributed by atoms with Crippen LogP contribution in [-0.4, -0.2) is 14.5 Å². The summed E-state index contributed by atoms with van der Waals surface area (Å²) in [4.78, 5) is 8.58. The summed E-state index contributed by atoms with van der Waals surface area (Å²) in [5, 5.41) is -0.0681. The van der Waals surface area contributed by atoms with Gasteiger partial charge in [-0.2, -0.15) is 0 Å². The Hall–Kier alpha value is -1.72. The average Bonchev–Trinajstić information content (AvgIpc) is 2.78. The van der Waals surface area contributed by atoms with Crippen LogP contribution in [0.15, 0.2) is 24.4 Å². The maximum Gasteiger partial charge on any atom is 0.165 e. The normalized spacial score (nSPS) is 11.3. The summed E-state index contributed by atoms with van der Waals surface area (Å²) < 4.78 is 28.8. The first-order valence-electron chi connectivity index (χ1n) is 6.06. The standard InChI is InChI=1S/C14H9Cl2F2N3/c1-7-2-3-19-14-12(7)20-11(6-15)21(14)13-9(16)4-8(17)5-10(13)18/h2-5H,6H2,1H3. The summed E-state index contributed by atoms with van der Waals surface area (Å²) in [6.07, 6.45) is 1.59. The van der Waals surface area contributed by atoms with Crippen LogP contribution in [0, 0.1) is 18.6 Å². The molecular weight excluding hydrogens is 319 g/mol. The maximum atomic E-state index is 14.2. The van der Waals surface area contributed by atoms with E-state index < -0.39 is 11.6 Å². The first-order valence-corrected chi connectivity index (χ1v) is 6.98. The molecule has 0 saturated carbocycles. The van der Waals surface area contributed by atoms with Gasteiger partial charge in [0, 0.05) is 12.3 Å². The number of aromatic nitrogens is 3. The Bertz CT molecular complexity index is 823. The summed E-state index contributed by atoms with van der Waals surface area (Å²) in [6, 6.07) is 3.60. The molecular formula is C14H9Cl2F2N3. The van der Waals surface area contributed by atoms with E-state index in [1.807, 2.05) is 6.92 Å². The van der Waals surface area contributed by atoms with E-state index in [4.69, 9.17) is 23.2 Å². The number of fused-ring (bicyclic) bond motifs is 1. The number of rotatable bonds is 2. The van der Waals surface area contributed by atoms with Gasteiger partial charge in [-0.05, 0) is 24.6 Å². The predicted octanol–water partition coefficient (Wildman–Crippen LogP) is 4.40. The van der Waals surface area contributed by atoms with Crippen molar-refractivity contribution in [3.63, 3.8) is 0 Å². The third kappa shape index (κ3) is 2.26. The number of pyridine rings is 1. The van der Waals surface area contributed by atoms with Crippen LogP contribution in [0.1, 0.15) is 11.4 Å². The largest absolute Gasteiger partial charge is 0.275 e. The van der Waals surface area contributed by atoms with Gasteiger partial charge in [-0.3, -0.25) is 4.57 Å². The van der Waals surface area contributed by atoms with Crippen molar-refractivity contribution in [1.29, 1.82) is 0 Å². The van der Waals surface area contributed by atoms with Gasteiger partial charge >= 0.3 is 0 Å². The molecule has 0 saturated heterocycles. The number of nitrogens with zero attached hydrogens (tertiary/aromatic N) is 3. The van der Waals surface area contributed by atoms with Crippen LogP contribution in [0.25, 0.3) is 16.9 Å². The second-order valence-corrected chi connectivity index (χ2v) is 5.19. The Morgan fingerprint density at radius 3 is 2.71 bits per heavy atom. The molecule has 21 heavy (non-hydrogen) atoms. The van der Waals surface area contributed by atoms with Gasteiger partial charge in [0.05, 0.1) is 10.9 Å². The van der Waals surface area contributed by atoms with Gasteiger partial charge in [0.15, 0.2) is 11.5 Å². The topological polar surface area (TPSA) is 30.7 Å². The van der Waals surface area contributed by atoms with Crippen molar-refractivity contribution >= 4 is 34.4 Å². The van der Waals surface area contributed by atoms with E-state index in [1.165, 1.54) is 4.57 Å². The van der Waals surface area contributed by atoms with Crippen LogP contribution in [0.5, 0.6) is 0 Å². The molecule has 7 heteroatoms. The van der Waals surface area contributed by atoms with E-state index in [0.29, 0.717) is 17.0 Å². The number of benzene rings is 1. The molecule has 0 aliphatic carbocycles. The molecule has 0 radical (unpaired) electrons. The lowest BCUT2D eigenvalue weighted by atomic mass is 10.2. The van der Waals surface area contributed by atoms with E-state index in [2.05, 4.69) is 9.97 Å². The lowest BCUT2D eigenvalue weighted by Crippen LogP contribution is -2.04. The van der Waals surface area contributed by atoms with Crippen LogP contribution in [0.2, 0.25) is 5.02 Å². The van der Waals surface area contributed by atoms with E-state index in [-0.39, 0.29) is 16.6 Å². The molecule has 0 unspecified atom stereocenters. The molecule has 0 fully saturated rings. The highest BCUT2D eigenvalue weighted by Gasteiger charge is 2.20. The molecule has 108 valence electrons. The molecule has 2 aromatic heterocycles. The van der Waals surface area contributed by atoms with Crippen LogP contribution in [0.3, 0.4) is 0 Å². The third-order valence-electron chi connectivity index (χ3n) is 3.14. The summed E-state index contributed by atoms with van der Waals surface area (Å²) in [7, 11) is 0. The zero-order chi connectivity index (χ0) is 15.1. The lowest BCUT2D eigenvalue weighted by Gasteiger charge is -2.10. The van der Waals surface area contributed by atoms with Gasteiger partial charge in [0.1, 0.15) is 22.8 Å². The van der Waals surface area contributed by atoms with E-state index in [0.717, 1.165) is 17.7 Å². The third-order valence-corrected chi connectivity index (χ3v) is 3.67. The fraction of sp³-hybridized carbons (Fsp3) is 0.143. The number of halogens is 4. The zero-order valence-electron chi connectivity index (χ0n) is 10.9. The maximum absolute atomic E-state index is 14.2. The van der Waals surface area contributed by atoms with Crippen molar-refractivity contribution in [3.8, 4) is 5.69 Å². The van der Waals surface area contributed by atoms with Gasteiger partial charge in [0.2, 0.25) is 0 Å². The lowest BCUT2D eigenvalue weighted by molar-refractivity contribution is 0.577. The van der Waals surface area contributed by atoms with Crippen molar-refractivity contribution in [2.75, 3.05) is 0 Å². The summed E-state index contributed by atoms with van der Waals surface area (Å²) in [5.74, 6) is -1.11. The average molecular weight is 328 g/mol. The minimum Gasteiger partial charge on any atom is -0.275 e. The molecule has 3 aromatic rings. The highest BCUT2D eigenvalue weighted by atomic mass is 35.5. The van der Waals surface area contributed by atoms with Gasteiger partial charge in [-0.25, -0.2) is 18.7 Å². The Morgan fingerprint density at radius 1 is 1.29 bits per heavy atom. The van der Waals surface area contributed by atoms with Crippen LogP contribution >= 0.6 is 23.2 Å². The van der Waals surface area contributed by atoms with Crippen LogP contribution in [-0.2, 0) is 5.88 Å². The van der Waals surface area contributed by atoms with Gasteiger partial charge in [0.25, 0.3) is 0 Å². The molecule has 3 nitrogen and oxygen atoms in total. The number of imidazole rings is 1. The highest BCUT2D eigenvalue weighted by Crippen LogP contribution is 2.30. The second kappa shape index (κ2) is 5.24. The molecule has 0 aliphatic rings. The van der Waals surface area contributed by atoms with Crippen molar-refractivity contribution in [3.05, 3.63) is 52.4 Å². The van der Waals surface area contributed by atoms with E-state index in [9.17, 15) is 8.78 Å². The smallest absolute Gasteiger partial charge is 0.165 e. The molecule has 0 amide bonds. The first-order chi connectivity index (χ1) is 10.0. The van der Waals surface area contributed by atoms with Gasteiger partial charge in [-0.1, -0.05) is 11.6 Å². The molecule has 2 heterocycles. The first kappa shape index (κ1) is 14.2. The summed E-state index contributed by atoms with van der Waals surface area (Å²) in [6.45, 7) is 1.86. The van der Waals surface area contributed by atoms with Gasteiger partial charge in [-0.15, -0.1) is 11.6 Å². The number of hydrogen-bond acceptors (Lipinski definition) is 2. The Labute approximate surface area is 129 Å². The number of alkyl halides is 1. The molecule has 1 aromatic carbocycles. The van der Waals surface area contributed by atoms with E-state index >= 15 is 0 Å². The summed E-state index contributed by atoms with van der Waals surface area (Å²) >= 11 is 11.9. The molecule has 0 spiro atoms. The van der Waals surface area contributed by atoms with Crippen molar-refractivity contribution < 1.29 is 8.78 Å². The quantitative estimate of drug-likeness (QED) is 0.653. The van der Waals surface area contributed by atoms with Crippen molar-refractivity contribution in [2.45, 2.75) is 12.8 Å².